The highest BCUT2D eigenvalue weighted by atomic mass is 16.2. The Morgan fingerprint density at radius 1 is 1.00 bits per heavy atom. The number of hydrogen-bond acceptors (Lipinski definition) is 3. The SMILES string of the molecule is Cc1ccc(C)c(N[C@H](C)C(=O)N2CCN(c3ccccc3)CC2)c1. The maximum Gasteiger partial charge on any atom is 0.244 e. The molecule has 2 aromatic carbocycles. The van der Waals surface area contributed by atoms with E-state index in [2.05, 4.69) is 66.5 Å². The first-order valence-corrected chi connectivity index (χ1v) is 8.97. The number of amides is 1. The van der Waals surface area contributed by atoms with Crippen molar-refractivity contribution in [2.45, 2.75) is 26.8 Å². The van der Waals surface area contributed by atoms with Crippen molar-refractivity contribution in [1.29, 1.82) is 0 Å². The standard InChI is InChI=1S/C21H27N3O/c1-16-9-10-17(2)20(15-16)22-18(3)21(25)24-13-11-23(12-14-24)19-7-5-4-6-8-19/h4-10,15,18,22H,11-14H2,1-3H3/t18-/m1/s1. The average Bonchev–Trinajstić information content (AvgIpc) is 2.65. The van der Waals surface area contributed by atoms with Crippen LogP contribution in [-0.2, 0) is 4.79 Å². The predicted molar refractivity (Wildman–Crippen MR) is 104 cm³/mol. The number of nitrogens with one attached hydrogen (secondary N) is 1. The van der Waals surface area contributed by atoms with Crippen LogP contribution in [0.2, 0.25) is 0 Å². The van der Waals surface area contributed by atoms with Crippen molar-refractivity contribution in [3.8, 4) is 0 Å². The second-order valence-electron chi connectivity index (χ2n) is 6.83. The summed E-state index contributed by atoms with van der Waals surface area (Å²) in [5.41, 5.74) is 4.64. The second kappa shape index (κ2) is 7.60. The van der Waals surface area contributed by atoms with Gasteiger partial charge >= 0.3 is 0 Å². The van der Waals surface area contributed by atoms with Crippen LogP contribution in [0.25, 0.3) is 0 Å². The van der Waals surface area contributed by atoms with E-state index in [4.69, 9.17) is 0 Å². The Morgan fingerprint density at radius 2 is 1.68 bits per heavy atom. The van der Waals surface area contributed by atoms with Crippen molar-refractivity contribution in [2.75, 3.05) is 36.4 Å². The summed E-state index contributed by atoms with van der Waals surface area (Å²) in [6, 6.07) is 16.5. The first kappa shape index (κ1) is 17.3. The lowest BCUT2D eigenvalue weighted by atomic mass is 10.1. The molecule has 0 bridgehead atoms. The molecule has 4 heteroatoms. The number of anilines is 2. The lowest BCUT2D eigenvalue weighted by Gasteiger charge is -2.37. The fourth-order valence-corrected chi connectivity index (χ4v) is 3.28. The van der Waals surface area contributed by atoms with Crippen LogP contribution in [0.1, 0.15) is 18.1 Å². The number of nitrogens with zero attached hydrogens (tertiary/aromatic N) is 2. The van der Waals surface area contributed by atoms with Crippen LogP contribution >= 0.6 is 0 Å². The summed E-state index contributed by atoms with van der Waals surface area (Å²) in [6.45, 7) is 9.39. The van der Waals surface area contributed by atoms with Crippen molar-refractivity contribution in [3.05, 3.63) is 59.7 Å². The van der Waals surface area contributed by atoms with Crippen molar-refractivity contribution in [3.63, 3.8) is 0 Å². The monoisotopic (exact) mass is 337 g/mol. The summed E-state index contributed by atoms with van der Waals surface area (Å²) in [5.74, 6) is 0.175. The number of aryl methyl sites for hydroxylation is 2. The van der Waals surface area contributed by atoms with Crippen LogP contribution in [0, 0.1) is 13.8 Å². The van der Waals surface area contributed by atoms with E-state index in [0.29, 0.717) is 0 Å². The molecule has 1 atom stereocenters. The molecule has 1 aliphatic heterocycles. The molecule has 3 rings (SSSR count). The van der Waals surface area contributed by atoms with E-state index in [0.717, 1.165) is 31.9 Å². The second-order valence-corrected chi connectivity index (χ2v) is 6.83. The zero-order valence-corrected chi connectivity index (χ0v) is 15.3. The molecule has 0 aliphatic carbocycles. The number of para-hydroxylation sites is 1. The van der Waals surface area contributed by atoms with Gasteiger partial charge in [0.1, 0.15) is 6.04 Å². The van der Waals surface area contributed by atoms with Gasteiger partial charge in [-0.3, -0.25) is 4.79 Å². The van der Waals surface area contributed by atoms with Crippen molar-refractivity contribution in [2.24, 2.45) is 0 Å². The predicted octanol–water partition coefficient (Wildman–Crippen LogP) is 3.45. The van der Waals surface area contributed by atoms with Gasteiger partial charge in [0.15, 0.2) is 0 Å². The summed E-state index contributed by atoms with van der Waals surface area (Å²) < 4.78 is 0. The van der Waals surface area contributed by atoms with E-state index in [-0.39, 0.29) is 11.9 Å². The molecule has 1 aliphatic rings. The van der Waals surface area contributed by atoms with Gasteiger partial charge in [-0.15, -0.1) is 0 Å². The molecule has 1 fully saturated rings. The van der Waals surface area contributed by atoms with Crippen LogP contribution in [0.5, 0.6) is 0 Å². The number of rotatable bonds is 4. The maximum atomic E-state index is 12.8. The Bertz CT molecular complexity index is 721. The Morgan fingerprint density at radius 3 is 2.36 bits per heavy atom. The summed E-state index contributed by atoms with van der Waals surface area (Å²) in [4.78, 5) is 17.1. The molecule has 0 spiro atoms. The van der Waals surface area contributed by atoms with Crippen molar-refractivity contribution < 1.29 is 4.79 Å². The molecule has 1 saturated heterocycles. The van der Waals surface area contributed by atoms with Crippen molar-refractivity contribution >= 4 is 17.3 Å². The largest absolute Gasteiger partial charge is 0.374 e. The van der Waals surface area contributed by atoms with E-state index in [1.54, 1.807) is 0 Å². The molecule has 1 N–H and O–H groups in total. The first-order valence-electron chi connectivity index (χ1n) is 8.97. The third-order valence-electron chi connectivity index (χ3n) is 4.85. The summed E-state index contributed by atoms with van der Waals surface area (Å²) in [6.07, 6.45) is 0. The molecule has 1 amide bonds. The highest BCUT2D eigenvalue weighted by molar-refractivity contribution is 5.84. The van der Waals surface area contributed by atoms with Crippen LogP contribution in [0.4, 0.5) is 11.4 Å². The van der Waals surface area contributed by atoms with Crippen LogP contribution in [0.3, 0.4) is 0 Å². The normalized spacial score (nSPS) is 15.8. The van der Waals surface area contributed by atoms with Gasteiger partial charge in [-0.2, -0.15) is 0 Å². The first-order chi connectivity index (χ1) is 12.0. The molecule has 4 nitrogen and oxygen atoms in total. The lowest BCUT2D eigenvalue weighted by Crippen LogP contribution is -2.52. The quantitative estimate of drug-likeness (QED) is 0.928. The molecule has 25 heavy (non-hydrogen) atoms. The topological polar surface area (TPSA) is 35.6 Å². The molecule has 1 heterocycles. The molecule has 132 valence electrons. The van der Waals surface area contributed by atoms with Crippen LogP contribution < -0.4 is 10.2 Å². The van der Waals surface area contributed by atoms with Gasteiger partial charge in [0.05, 0.1) is 0 Å². The van der Waals surface area contributed by atoms with Gasteiger partial charge in [-0.05, 0) is 50.1 Å². The molecule has 0 aromatic heterocycles. The van der Waals surface area contributed by atoms with E-state index in [1.165, 1.54) is 16.8 Å². The molecule has 0 radical (unpaired) electrons. The summed E-state index contributed by atoms with van der Waals surface area (Å²) in [7, 11) is 0. The minimum atomic E-state index is -0.219. The fourth-order valence-electron chi connectivity index (χ4n) is 3.28. The minimum absolute atomic E-state index is 0.175. The van der Waals surface area contributed by atoms with Gasteiger partial charge in [-0.25, -0.2) is 0 Å². The van der Waals surface area contributed by atoms with Gasteiger partial charge in [0.2, 0.25) is 5.91 Å². The zero-order chi connectivity index (χ0) is 17.8. The Balaban J connectivity index is 1.57. The maximum absolute atomic E-state index is 12.8. The number of benzene rings is 2. The summed E-state index contributed by atoms with van der Waals surface area (Å²) in [5, 5.41) is 3.39. The van der Waals surface area contributed by atoms with Gasteiger partial charge in [0, 0.05) is 37.6 Å². The number of carbonyl (C=O) groups is 1. The molecule has 2 aromatic rings. The summed E-state index contributed by atoms with van der Waals surface area (Å²) >= 11 is 0. The number of hydrogen-bond donors (Lipinski definition) is 1. The van der Waals surface area contributed by atoms with Gasteiger partial charge < -0.3 is 15.1 Å². The van der Waals surface area contributed by atoms with E-state index in [9.17, 15) is 4.79 Å². The number of carbonyl (C=O) groups excluding carboxylic acids is 1. The molecular weight excluding hydrogens is 310 g/mol. The van der Waals surface area contributed by atoms with Gasteiger partial charge in [-0.1, -0.05) is 30.3 Å². The third-order valence-corrected chi connectivity index (χ3v) is 4.85. The lowest BCUT2D eigenvalue weighted by molar-refractivity contribution is -0.131. The van der Waals surface area contributed by atoms with E-state index < -0.39 is 0 Å². The van der Waals surface area contributed by atoms with Crippen LogP contribution in [0.15, 0.2) is 48.5 Å². The zero-order valence-electron chi connectivity index (χ0n) is 15.3. The molecule has 0 unspecified atom stereocenters. The fraction of sp³-hybridized carbons (Fsp3) is 0.381. The van der Waals surface area contributed by atoms with E-state index >= 15 is 0 Å². The average molecular weight is 337 g/mol. The highest BCUT2D eigenvalue weighted by Crippen LogP contribution is 2.19. The Hall–Kier alpha value is -2.49. The highest BCUT2D eigenvalue weighted by Gasteiger charge is 2.25. The van der Waals surface area contributed by atoms with Gasteiger partial charge in [0.25, 0.3) is 0 Å². The third kappa shape index (κ3) is 4.13. The molecular formula is C21H27N3O. The van der Waals surface area contributed by atoms with Crippen molar-refractivity contribution in [1.82, 2.24) is 4.90 Å². The Kier molecular flexibility index (Phi) is 5.27. The van der Waals surface area contributed by atoms with Crippen LogP contribution in [-0.4, -0.2) is 43.0 Å². The van der Waals surface area contributed by atoms with E-state index in [1.807, 2.05) is 17.9 Å². The minimum Gasteiger partial charge on any atom is -0.374 e. The molecule has 0 saturated carbocycles. The number of piperazine rings is 1. The smallest absolute Gasteiger partial charge is 0.244 e. The Labute approximate surface area is 150 Å².